The second kappa shape index (κ2) is 11.0. The maximum absolute atomic E-state index is 10.3. The summed E-state index contributed by atoms with van der Waals surface area (Å²) in [6.45, 7) is 7.30. The monoisotopic (exact) mass is 348 g/mol. The molecule has 20 heavy (non-hydrogen) atoms. The van der Waals surface area contributed by atoms with E-state index >= 15 is 0 Å². The Labute approximate surface area is 126 Å². The summed E-state index contributed by atoms with van der Waals surface area (Å²) in [5.41, 5.74) is 0. The van der Waals surface area contributed by atoms with Crippen molar-refractivity contribution in [1.29, 1.82) is 0 Å². The van der Waals surface area contributed by atoms with E-state index in [0.717, 1.165) is 6.42 Å². The van der Waals surface area contributed by atoms with Gasteiger partial charge in [0.1, 0.15) is 0 Å². The third-order valence-corrected chi connectivity index (χ3v) is 6.87. The molecule has 0 radical (unpaired) electrons. The highest BCUT2D eigenvalue weighted by Crippen LogP contribution is 2.20. The average molecular weight is 349 g/mol. The molecule has 0 saturated heterocycles. The predicted molar refractivity (Wildman–Crippen MR) is 79.8 cm³/mol. The third-order valence-electron chi connectivity index (χ3n) is 2.19. The van der Waals surface area contributed by atoms with E-state index in [0.29, 0.717) is 50.1 Å². The van der Waals surface area contributed by atoms with Gasteiger partial charge in [-0.2, -0.15) is 12.0 Å². The highest BCUT2D eigenvalue weighted by Gasteiger charge is 2.39. The fraction of sp³-hybridized carbons (Fsp3) is 1.00. The molecule has 0 aliphatic carbocycles. The van der Waals surface area contributed by atoms with E-state index in [9.17, 15) is 8.42 Å². The van der Waals surface area contributed by atoms with Gasteiger partial charge in [0.25, 0.3) is 0 Å². The summed E-state index contributed by atoms with van der Waals surface area (Å²) in [6.07, 6.45) is 1.48. The number of hydrogen-bond acceptors (Lipinski definition) is 7. The van der Waals surface area contributed by atoms with Gasteiger partial charge in [-0.05, 0) is 33.6 Å². The van der Waals surface area contributed by atoms with Crippen molar-refractivity contribution in [2.75, 3.05) is 25.6 Å². The zero-order chi connectivity index (χ0) is 15.5. The normalized spacial score (nSPS) is 12.8. The minimum Gasteiger partial charge on any atom is -0.374 e. The van der Waals surface area contributed by atoms with Crippen LogP contribution in [0, 0.1) is 0 Å². The van der Waals surface area contributed by atoms with Gasteiger partial charge in [0, 0.05) is 43.7 Å². The molecule has 0 aromatic heterocycles. The van der Waals surface area contributed by atoms with Gasteiger partial charge in [0.15, 0.2) is 0 Å². The number of rotatable bonds is 13. The number of hydrogen-bond donors (Lipinski definition) is 1. The molecular formula is C10H24O7S2Si. The van der Waals surface area contributed by atoms with Crippen molar-refractivity contribution >= 4 is 31.2 Å². The lowest BCUT2D eigenvalue weighted by Crippen LogP contribution is -2.45. The molecule has 0 spiro atoms. The Bertz CT molecular complexity index is 319. The quantitative estimate of drug-likeness (QED) is 0.235. The van der Waals surface area contributed by atoms with Crippen LogP contribution in [0.15, 0.2) is 0 Å². The van der Waals surface area contributed by atoms with Crippen molar-refractivity contribution in [3.63, 3.8) is 0 Å². The fourth-order valence-electron chi connectivity index (χ4n) is 1.60. The predicted octanol–water partition coefficient (Wildman–Crippen LogP) is 2.28. The molecular weight excluding hydrogens is 324 g/mol. The first-order chi connectivity index (χ1) is 9.39. The van der Waals surface area contributed by atoms with Crippen LogP contribution in [0.3, 0.4) is 0 Å². The first-order valence-corrected chi connectivity index (χ1v) is 10.8. The molecule has 10 heteroatoms. The first-order valence-electron chi connectivity index (χ1n) is 6.59. The molecule has 0 atom stereocenters. The minimum absolute atomic E-state index is 0.453. The fourth-order valence-corrected chi connectivity index (χ4v) is 5.36. The average Bonchev–Trinajstić information content (AvgIpc) is 2.33. The first kappa shape index (κ1) is 20.3. The largest absolute Gasteiger partial charge is 0.500 e. The Hall–Kier alpha value is 0.317. The van der Waals surface area contributed by atoms with Crippen molar-refractivity contribution in [3.8, 4) is 0 Å². The van der Waals surface area contributed by atoms with Crippen LogP contribution >= 0.6 is 12.0 Å². The van der Waals surface area contributed by atoms with Crippen LogP contribution in [-0.2, 0) is 27.3 Å². The summed E-state index contributed by atoms with van der Waals surface area (Å²) < 4.78 is 50.3. The molecule has 0 aliphatic rings. The van der Waals surface area contributed by atoms with Gasteiger partial charge >= 0.3 is 19.2 Å². The standard InChI is InChI=1S/C10H24O7S2Si/c1-4-14-20(15-5-2,16-6-3)10-8-7-9-18-17-19(11,12)13/h4-10H2,1-3H3,(H,11,12,13). The molecule has 0 rings (SSSR count). The summed E-state index contributed by atoms with van der Waals surface area (Å²) >= 11 is 0.706. The van der Waals surface area contributed by atoms with Crippen LogP contribution in [0.4, 0.5) is 0 Å². The summed E-state index contributed by atoms with van der Waals surface area (Å²) in [6, 6.07) is 0.676. The highest BCUT2D eigenvalue weighted by atomic mass is 32.3. The summed E-state index contributed by atoms with van der Waals surface area (Å²) in [7, 11) is -6.98. The molecule has 0 heterocycles. The van der Waals surface area contributed by atoms with Crippen molar-refractivity contribution in [3.05, 3.63) is 0 Å². The van der Waals surface area contributed by atoms with Gasteiger partial charge in [-0.25, -0.2) is 0 Å². The Morgan fingerprint density at radius 2 is 1.50 bits per heavy atom. The van der Waals surface area contributed by atoms with E-state index in [1.165, 1.54) is 0 Å². The van der Waals surface area contributed by atoms with E-state index in [1.54, 1.807) is 0 Å². The van der Waals surface area contributed by atoms with Crippen LogP contribution < -0.4 is 0 Å². The maximum Gasteiger partial charge on any atom is 0.500 e. The zero-order valence-electron chi connectivity index (χ0n) is 12.2. The smallest absolute Gasteiger partial charge is 0.374 e. The van der Waals surface area contributed by atoms with Crippen molar-refractivity contribution in [1.82, 2.24) is 0 Å². The molecule has 0 unspecified atom stereocenters. The van der Waals surface area contributed by atoms with Gasteiger partial charge in [0.05, 0.1) is 0 Å². The molecule has 0 aromatic rings. The second-order valence-corrected chi connectivity index (χ2v) is 8.53. The molecule has 0 amide bonds. The van der Waals surface area contributed by atoms with E-state index in [2.05, 4.69) is 3.63 Å². The van der Waals surface area contributed by atoms with Crippen LogP contribution in [-0.4, -0.2) is 47.3 Å². The van der Waals surface area contributed by atoms with Crippen LogP contribution in [0.25, 0.3) is 0 Å². The summed E-state index contributed by atoms with van der Waals surface area (Å²) in [4.78, 5) is 0. The van der Waals surface area contributed by atoms with Crippen molar-refractivity contribution in [2.24, 2.45) is 0 Å². The molecule has 0 aromatic carbocycles. The molecule has 0 saturated carbocycles. The summed E-state index contributed by atoms with van der Waals surface area (Å²) in [5, 5.41) is 0. The van der Waals surface area contributed by atoms with E-state index in [1.807, 2.05) is 20.8 Å². The van der Waals surface area contributed by atoms with Crippen LogP contribution in [0.5, 0.6) is 0 Å². The second-order valence-electron chi connectivity index (χ2n) is 3.76. The van der Waals surface area contributed by atoms with Gasteiger partial charge < -0.3 is 13.3 Å². The Kier molecular flexibility index (Phi) is 11.1. The summed E-state index contributed by atoms with van der Waals surface area (Å²) in [5.74, 6) is 0.453. The molecule has 0 bridgehead atoms. The van der Waals surface area contributed by atoms with Crippen LogP contribution in [0.2, 0.25) is 6.04 Å². The van der Waals surface area contributed by atoms with Crippen molar-refractivity contribution in [2.45, 2.75) is 39.7 Å². The molecule has 7 nitrogen and oxygen atoms in total. The SMILES string of the molecule is CCO[Si](CCCCSOS(=O)(=O)O)(OCC)OCC. The van der Waals surface area contributed by atoms with Gasteiger partial charge in [-0.15, -0.1) is 0 Å². The van der Waals surface area contributed by atoms with E-state index < -0.39 is 19.2 Å². The lowest BCUT2D eigenvalue weighted by Gasteiger charge is -2.28. The maximum atomic E-state index is 10.3. The Morgan fingerprint density at radius 3 is 1.90 bits per heavy atom. The molecule has 0 fully saturated rings. The molecule has 0 aliphatic heterocycles. The van der Waals surface area contributed by atoms with Gasteiger partial charge in [0.2, 0.25) is 0 Å². The zero-order valence-corrected chi connectivity index (χ0v) is 14.8. The Balaban J connectivity index is 4.06. The molecule has 122 valence electrons. The topological polar surface area (TPSA) is 91.3 Å². The van der Waals surface area contributed by atoms with Gasteiger partial charge in [-0.3, -0.25) is 4.55 Å². The highest BCUT2D eigenvalue weighted by molar-refractivity contribution is 8.02. The van der Waals surface area contributed by atoms with Crippen LogP contribution in [0.1, 0.15) is 33.6 Å². The van der Waals surface area contributed by atoms with E-state index in [4.69, 9.17) is 17.8 Å². The number of unbranched alkanes of at least 4 members (excludes halogenated alkanes) is 1. The molecule has 1 N–H and O–H groups in total. The lowest BCUT2D eigenvalue weighted by atomic mass is 10.4. The van der Waals surface area contributed by atoms with E-state index in [-0.39, 0.29) is 0 Å². The van der Waals surface area contributed by atoms with Crippen molar-refractivity contribution < 1.29 is 29.9 Å². The Morgan fingerprint density at radius 1 is 1.00 bits per heavy atom. The lowest BCUT2D eigenvalue weighted by molar-refractivity contribution is 0.0708. The third kappa shape index (κ3) is 10.1. The minimum atomic E-state index is -4.37. The van der Waals surface area contributed by atoms with Gasteiger partial charge in [-0.1, -0.05) is 0 Å².